The van der Waals surface area contributed by atoms with Crippen molar-refractivity contribution in [3.05, 3.63) is 58.1 Å². The number of carboxylic acid groups (broad SMARTS) is 1. The number of nitrogens with zero attached hydrogens (tertiary/aromatic N) is 5. The number of amides is 1. The zero-order chi connectivity index (χ0) is 20.4. The number of rotatable bonds is 5. The van der Waals surface area contributed by atoms with Gasteiger partial charge in [0.25, 0.3) is 11.6 Å². The van der Waals surface area contributed by atoms with Crippen molar-refractivity contribution in [2.75, 3.05) is 10.7 Å². The lowest BCUT2D eigenvalue weighted by atomic mass is 10.1. The van der Waals surface area contributed by atoms with Crippen molar-refractivity contribution in [1.82, 2.24) is 0 Å². The molecule has 0 saturated heterocycles. The molecule has 0 radical (unpaired) electrons. The van der Waals surface area contributed by atoms with E-state index in [0.717, 1.165) is 23.2 Å². The van der Waals surface area contributed by atoms with Crippen molar-refractivity contribution >= 4 is 40.3 Å². The second-order valence-corrected chi connectivity index (χ2v) is 5.87. The van der Waals surface area contributed by atoms with Crippen LogP contribution in [0.2, 0.25) is 0 Å². The molecular weight excluding hydrogens is 368 g/mol. The van der Waals surface area contributed by atoms with Gasteiger partial charge in [-0.2, -0.15) is 20.3 Å². The maximum Gasteiger partial charge on any atom is 0.338 e. The Hall–Kier alpha value is -4.15. The molecule has 0 aromatic heterocycles. The fourth-order valence-corrected chi connectivity index (χ4v) is 2.55. The zero-order valence-electron chi connectivity index (χ0n) is 14.5. The highest BCUT2D eigenvalue weighted by Gasteiger charge is 2.35. The van der Waals surface area contributed by atoms with Crippen LogP contribution in [0, 0.1) is 10.1 Å². The van der Waals surface area contributed by atoms with E-state index in [0.29, 0.717) is 17.1 Å². The van der Waals surface area contributed by atoms with Gasteiger partial charge in [-0.05, 0) is 31.2 Å². The van der Waals surface area contributed by atoms with Crippen LogP contribution in [0.4, 0.5) is 22.7 Å². The molecule has 1 aliphatic rings. The van der Waals surface area contributed by atoms with Crippen LogP contribution in [0.1, 0.15) is 17.3 Å². The summed E-state index contributed by atoms with van der Waals surface area (Å²) >= 11 is 0. The molecule has 0 saturated carbocycles. The Labute approximate surface area is 157 Å². The van der Waals surface area contributed by atoms with E-state index in [1.165, 1.54) is 0 Å². The second-order valence-electron chi connectivity index (χ2n) is 5.87. The first-order chi connectivity index (χ1) is 13.3. The van der Waals surface area contributed by atoms with E-state index in [-0.39, 0.29) is 11.4 Å². The molecule has 1 atom stereocenters. The van der Waals surface area contributed by atoms with E-state index in [1.54, 1.807) is 31.2 Å². The first-order valence-corrected chi connectivity index (χ1v) is 7.95. The molecule has 0 spiro atoms. The van der Waals surface area contributed by atoms with Crippen molar-refractivity contribution in [2.45, 2.75) is 13.0 Å². The molecule has 0 fully saturated rings. The number of hydrazone groups is 1. The van der Waals surface area contributed by atoms with Crippen LogP contribution in [0.25, 0.3) is 0 Å². The Bertz CT molecular complexity index is 1050. The van der Waals surface area contributed by atoms with Crippen LogP contribution in [0.3, 0.4) is 0 Å². The molecule has 2 aromatic carbocycles. The van der Waals surface area contributed by atoms with Gasteiger partial charge in [0, 0.05) is 17.8 Å². The van der Waals surface area contributed by atoms with Crippen LogP contribution in [-0.4, -0.2) is 33.7 Å². The van der Waals surface area contributed by atoms with Crippen LogP contribution < -0.4 is 10.7 Å². The summed E-state index contributed by atoms with van der Waals surface area (Å²) in [6.07, 6.45) is 0. The van der Waals surface area contributed by atoms with E-state index in [9.17, 15) is 24.8 Å². The summed E-state index contributed by atoms with van der Waals surface area (Å²) in [4.78, 5) is 34.1. The number of nitro groups is 1. The molecule has 28 heavy (non-hydrogen) atoms. The Morgan fingerprint density at radius 3 is 2.71 bits per heavy atom. The molecule has 142 valence electrons. The Kier molecular flexibility index (Phi) is 4.81. The number of nitrogen functional groups attached to an aromatic ring is 1. The third-order valence-electron chi connectivity index (χ3n) is 3.91. The van der Waals surface area contributed by atoms with Crippen LogP contribution in [0.15, 0.2) is 57.8 Å². The van der Waals surface area contributed by atoms with Gasteiger partial charge < -0.3 is 10.8 Å². The van der Waals surface area contributed by atoms with Gasteiger partial charge >= 0.3 is 5.97 Å². The van der Waals surface area contributed by atoms with E-state index in [1.807, 2.05) is 0 Å². The number of carbonyl (C=O) groups is 2. The highest BCUT2D eigenvalue weighted by Crippen LogP contribution is 2.27. The number of carboxylic acids is 1. The molecule has 11 heteroatoms. The summed E-state index contributed by atoms with van der Waals surface area (Å²) in [7, 11) is 0. The molecule has 3 N–H and O–H groups in total. The number of benzene rings is 2. The molecule has 3 rings (SSSR count). The number of non-ortho nitro benzene ring substituents is 1. The average molecular weight is 382 g/mol. The number of hydrogen-bond donors (Lipinski definition) is 2. The normalized spacial score (nSPS) is 16.5. The van der Waals surface area contributed by atoms with Gasteiger partial charge in [0.2, 0.25) is 0 Å². The number of nitro benzene ring substituents is 1. The zero-order valence-corrected chi connectivity index (χ0v) is 14.5. The number of aromatic carboxylic acids is 1. The van der Waals surface area contributed by atoms with Crippen LogP contribution in [-0.2, 0) is 4.79 Å². The largest absolute Gasteiger partial charge is 0.478 e. The standard InChI is InChI=1S/C17H14N6O5/c1-9-15(16(24)22(21-9)11-4-2-3-10(18)7-11)20-19-14-6-5-12(23(27)28)8-13(14)17(25)26/h2-8,15H,18H2,1H3,(H,25,26). The first-order valence-electron chi connectivity index (χ1n) is 7.95. The predicted octanol–water partition coefficient (Wildman–Crippen LogP) is 2.75. The minimum Gasteiger partial charge on any atom is -0.478 e. The number of carbonyl (C=O) groups excluding carboxylic acids is 1. The van der Waals surface area contributed by atoms with Crippen molar-refractivity contribution in [3.8, 4) is 0 Å². The summed E-state index contributed by atoms with van der Waals surface area (Å²) in [5.41, 5.74) is 6.10. The Morgan fingerprint density at radius 1 is 1.32 bits per heavy atom. The van der Waals surface area contributed by atoms with Crippen molar-refractivity contribution in [3.63, 3.8) is 0 Å². The number of nitrogens with two attached hydrogens (primary N) is 1. The Morgan fingerprint density at radius 2 is 2.07 bits per heavy atom. The predicted molar refractivity (Wildman–Crippen MR) is 99.8 cm³/mol. The fraction of sp³-hybridized carbons (Fsp3) is 0.118. The highest BCUT2D eigenvalue weighted by molar-refractivity contribution is 6.18. The van der Waals surface area contributed by atoms with Crippen molar-refractivity contribution in [1.29, 1.82) is 0 Å². The quantitative estimate of drug-likeness (QED) is 0.349. The molecule has 1 heterocycles. The van der Waals surface area contributed by atoms with E-state index >= 15 is 0 Å². The number of anilines is 2. The first kappa shape index (κ1) is 18.6. The van der Waals surface area contributed by atoms with Gasteiger partial charge in [-0.15, -0.1) is 0 Å². The molecule has 0 bridgehead atoms. The maximum absolute atomic E-state index is 12.6. The van der Waals surface area contributed by atoms with E-state index in [4.69, 9.17) is 5.73 Å². The molecule has 1 amide bonds. The van der Waals surface area contributed by atoms with Gasteiger partial charge in [0.1, 0.15) is 5.69 Å². The van der Waals surface area contributed by atoms with Gasteiger partial charge in [-0.1, -0.05) is 6.07 Å². The average Bonchev–Trinajstić information content (AvgIpc) is 2.93. The number of hydrogen-bond acceptors (Lipinski definition) is 8. The lowest BCUT2D eigenvalue weighted by Gasteiger charge is -2.12. The minimum absolute atomic E-state index is 0.110. The summed E-state index contributed by atoms with van der Waals surface area (Å²) in [6, 6.07) is 8.68. The second kappa shape index (κ2) is 7.23. The minimum atomic E-state index is -1.40. The molecule has 11 nitrogen and oxygen atoms in total. The van der Waals surface area contributed by atoms with Gasteiger partial charge in [-0.25, -0.2) is 4.79 Å². The monoisotopic (exact) mass is 382 g/mol. The van der Waals surface area contributed by atoms with E-state index < -0.39 is 28.4 Å². The fourth-order valence-electron chi connectivity index (χ4n) is 2.55. The Balaban J connectivity index is 1.89. The third-order valence-corrected chi connectivity index (χ3v) is 3.91. The van der Waals surface area contributed by atoms with Gasteiger partial charge in [0.05, 0.1) is 21.9 Å². The number of azo groups is 1. The lowest BCUT2D eigenvalue weighted by Crippen LogP contribution is -2.29. The van der Waals surface area contributed by atoms with Gasteiger partial charge in [0.15, 0.2) is 6.04 Å². The maximum atomic E-state index is 12.6. The molecule has 1 aliphatic heterocycles. The van der Waals surface area contributed by atoms with Crippen molar-refractivity contribution < 1.29 is 19.6 Å². The summed E-state index contributed by atoms with van der Waals surface area (Å²) in [5, 5.41) is 33.1. The summed E-state index contributed by atoms with van der Waals surface area (Å²) in [6.45, 7) is 1.59. The topological polar surface area (TPSA) is 164 Å². The lowest BCUT2D eigenvalue weighted by molar-refractivity contribution is -0.384. The SMILES string of the molecule is CC1=NN(c2cccc(N)c2)C(=O)C1N=Nc1ccc([N+](=O)[O-])cc1C(=O)O. The van der Waals surface area contributed by atoms with Gasteiger partial charge in [-0.3, -0.25) is 14.9 Å². The van der Waals surface area contributed by atoms with E-state index in [2.05, 4.69) is 15.3 Å². The molecule has 2 aromatic rings. The highest BCUT2D eigenvalue weighted by atomic mass is 16.6. The summed E-state index contributed by atoms with van der Waals surface area (Å²) < 4.78 is 0. The summed E-state index contributed by atoms with van der Waals surface area (Å²) in [5.74, 6) is -1.88. The third kappa shape index (κ3) is 3.53. The molecular formula is C17H14N6O5. The van der Waals surface area contributed by atoms with Crippen LogP contribution in [0.5, 0.6) is 0 Å². The molecule has 0 aliphatic carbocycles. The van der Waals surface area contributed by atoms with Crippen LogP contribution >= 0.6 is 0 Å². The van der Waals surface area contributed by atoms with Crippen molar-refractivity contribution in [2.24, 2.45) is 15.3 Å². The molecule has 1 unspecified atom stereocenters. The smallest absolute Gasteiger partial charge is 0.338 e.